The summed E-state index contributed by atoms with van der Waals surface area (Å²) in [4.78, 5) is 29.4. The van der Waals surface area contributed by atoms with Crippen molar-refractivity contribution < 1.29 is 14.3 Å². The number of anilines is 1. The van der Waals surface area contributed by atoms with Crippen molar-refractivity contribution in [2.45, 2.75) is 33.2 Å². The van der Waals surface area contributed by atoms with Gasteiger partial charge in [-0.15, -0.1) is 0 Å². The van der Waals surface area contributed by atoms with Crippen LogP contribution in [-0.4, -0.2) is 43.1 Å². The molecule has 6 heteroatoms. The van der Waals surface area contributed by atoms with E-state index < -0.39 is 0 Å². The van der Waals surface area contributed by atoms with Gasteiger partial charge in [-0.1, -0.05) is 30.3 Å². The molecule has 0 saturated carbocycles. The summed E-state index contributed by atoms with van der Waals surface area (Å²) < 4.78 is 5.70. The zero-order chi connectivity index (χ0) is 21.1. The molecule has 0 unspecified atom stereocenters. The number of nitrogens with zero attached hydrogens (tertiary/aromatic N) is 2. The number of urea groups is 1. The monoisotopic (exact) mass is 407 g/mol. The van der Waals surface area contributed by atoms with Crippen molar-refractivity contribution in [1.82, 2.24) is 10.2 Å². The molecule has 158 valence electrons. The van der Waals surface area contributed by atoms with Crippen LogP contribution in [0.15, 0.2) is 42.5 Å². The van der Waals surface area contributed by atoms with Gasteiger partial charge in [0.15, 0.2) is 0 Å². The van der Waals surface area contributed by atoms with Crippen molar-refractivity contribution in [3.63, 3.8) is 0 Å². The summed E-state index contributed by atoms with van der Waals surface area (Å²) in [5.41, 5.74) is 4.25. The SMILES string of the molecule is Cc1ccc2c(c1)N(C(=O)N1CCC(C(=O)NCc3ccccc3C)CC1)CCO2. The maximum atomic E-state index is 13.1. The van der Waals surface area contributed by atoms with Gasteiger partial charge in [0.2, 0.25) is 5.91 Å². The normalized spacial score (nSPS) is 16.6. The molecule has 30 heavy (non-hydrogen) atoms. The Morgan fingerprint density at radius 3 is 2.60 bits per heavy atom. The van der Waals surface area contributed by atoms with Gasteiger partial charge < -0.3 is 15.0 Å². The Bertz CT molecular complexity index is 935. The van der Waals surface area contributed by atoms with Crippen molar-refractivity contribution >= 4 is 17.6 Å². The summed E-state index contributed by atoms with van der Waals surface area (Å²) in [6.07, 6.45) is 1.38. The molecule has 0 bridgehead atoms. The molecule has 1 fully saturated rings. The number of piperidine rings is 1. The van der Waals surface area contributed by atoms with E-state index in [-0.39, 0.29) is 17.9 Å². The third-order valence-electron chi connectivity index (χ3n) is 6.06. The van der Waals surface area contributed by atoms with Crippen molar-refractivity contribution in [3.05, 3.63) is 59.2 Å². The predicted octanol–water partition coefficient (Wildman–Crippen LogP) is 3.65. The third-order valence-corrected chi connectivity index (χ3v) is 6.06. The maximum Gasteiger partial charge on any atom is 0.324 e. The summed E-state index contributed by atoms with van der Waals surface area (Å²) in [7, 11) is 0. The first-order valence-corrected chi connectivity index (χ1v) is 10.6. The Kier molecular flexibility index (Phi) is 5.93. The lowest BCUT2D eigenvalue weighted by Crippen LogP contribution is -2.50. The van der Waals surface area contributed by atoms with Crippen LogP contribution < -0.4 is 15.0 Å². The van der Waals surface area contributed by atoms with E-state index in [0.717, 1.165) is 22.6 Å². The molecule has 2 aliphatic rings. The van der Waals surface area contributed by atoms with Crippen molar-refractivity contribution in [2.75, 3.05) is 31.1 Å². The van der Waals surface area contributed by atoms with Gasteiger partial charge in [0.05, 0.1) is 12.2 Å². The number of aryl methyl sites for hydroxylation is 2. The fourth-order valence-electron chi connectivity index (χ4n) is 4.17. The molecule has 0 aromatic heterocycles. The second kappa shape index (κ2) is 8.78. The lowest BCUT2D eigenvalue weighted by Gasteiger charge is -2.37. The second-order valence-electron chi connectivity index (χ2n) is 8.16. The van der Waals surface area contributed by atoms with E-state index in [9.17, 15) is 9.59 Å². The van der Waals surface area contributed by atoms with E-state index in [1.165, 1.54) is 5.56 Å². The van der Waals surface area contributed by atoms with E-state index in [2.05, 4.69) is 18.3 Å². The number of ether oxygens (including phenoxy) is 1. The standard InChI is InChI=1S/C24H29N3O3/c1-17-7-8-22-21(15-17)27(13-14-30-22)24(29)26-11-9-19(10-12-26)23(28)25-16-20-6-4-3-5-18(20)2/h3-8,15,19H,9-14,16H2,1-2H3,(H,25,28). The van der Waals surface area contributed by atoms with Crippen LogP contribution >= 0.6 is 0 Å². The molecule has 2 aromatic rings. The Hall–Kier alpha value is -3.02. The van der Waals surface area contributed by atoms with Crippen LogP contribution in [-0.2, 0) is 11.3 Å². The van der Waals surface area contributed by atoms with Crippen molar-refractivity contribution in [1.29, 1.82) is 0 Å². The molecule has 1 saturated heterocycles. The number of nitrogens with one attached hydrogen (secondary N) is 1. The van der Waals surface area contributed by atoms with E-state index in [1.54, 1.807) is 0 Å². The average molecular weight is 408 g/mol. The van der Waals surface area contributed by atoms with Crippen LogP contribution in [0.1, 0.15) is 29.5 Å². The number of benzene rings is 2. The van der Waals surface area contributed by atoms with E-state index in [1.807, 2.05) is 53.1 Å². The largest absolute Gasteiger partial charge is 0.490 e. The van der Waals surface area contributed by atoms with Gasteiger partial charge in [-0.05, 0) is 55.5 Å². The van der Waals surface area contributed by atoms with Crippen molar-refractivity contribution in [2.24, 2.45) is 5.92 Å². The Morgan fingerprint density at radius 2 is 1.83 bits per heavy atom. The third kappa shape index (κ3) is 4.27. The minimum atomic E-state index is -0.0442. The Labute approximate surface area is 177 Å². The molecular formula is C24H29N3O3. The molecule has 0 spiro atoms. The molecule has 3 amide bonds. The summed E-state index contributed by atoms with van der Waals surface area (Å²) in [5.74, 6) is 0.792. The highest BCUT2D eigenvalue weighted by Crippen LogP contribution is 2.33. The highest BCUT2D eigenvalue weighted by molar-refractivity contribution is 5.94. The molecule has 2 aliphatic heterocycles. The quantitative estimate of drug-likeness (QED) is 0.845. The smallest absolute Gasteiger partial charge is 0.324 e. The first-order valence-electron chi connectivity index (χ1n) is 10.6. The number of amides is 3. The van der Waals surface area contributed by atoms with Gasteiger partial charge in [0.1, 0.15) is 12.4 Å². The zero-order valence-corrected chi connectivity index (χ0v) is 17.7. The van der Waals surface area contributed by atoms with Gasteiger partial charge in [-0.25, -0.2) is 4.79 Å². The number of hydrogen-bond donors (Lipinski definition) is 1. The molecule has 6 nitrogen and oxygen atoms in total. The summed E-state index contributed by atoms with van der Waals surface area (Å²) in [6.45, 7) is 6.86. The van der Waals surface area contributed by atoms with Crippen LogP contribution in [0.3, 0.4) is 0 Å². The van der Waals surface area contributed by atoms with Crippen LogP contribution in [0.2, 0.25) is 0 Å². The highest BCUT2D eigenvalue weighted by atomic mass is 16.5. The number of hydrogen-bond acceptors (Lipinski definition) is 3. The molecule has 0 atom stereocenters. The number of carbonyl (C=O) groups is 2. The van der Waals surface area contributed by atoms with Gasteiger partial charge in [-0.3, -0.25) is 9.69 Å². The molecular weight excluding hydrogens is 378 g/mol. The lowest BCUT2D eigenvalue weighted by molar-refractivity contribution is -0.126. The predicted molar refractivity (Wildman–Crippen MR) is 117 cm³/mol. The van der Waals surface area contributed by atoms with E-state index in [0.29, 0.717) is 45.6 Å². The zero-order valence-electron chi connectivity index (χ0n) is 17.7. The Morgan fingerprint density at radius 1 is 1.07 bits per heavy atom. The second-order valence-corrected chi connectivity index (χ2v) is 8.16. The Balaban J connectivity index is 1.32. The van der Waals surface area contributed by atoms with E-state index in [4.69, 9.17) is 4.74 Å². The molecule has 4 rings (SSSR count). The van der Waals surface area contributed by atoms with Crippen LogP contribution in [0.25, 0.3) is 0 Å². The minimum Gasteiger partial charge on any atom is -0.490 e. The minimum absolute atomic E-state index is 0.00363. The summed E-state index contributed by atoms with van der Waals surface area (Å²) >= 11 is 0. The first-order chi connectivity index (χ1) is 14.5. The lowest BCUT2D eigenvalue weighted by atomic mass is 9.96. The number of carbonyl (C=O) groups excluding carboxylic acids is 2. The number of fused-ring (bicyclic) bond motifs is 1. The summed E-state index contributed by atoms with van der Waals surface area (Å²) in [5, 5.41) is 3.07. The average Bonchev–Trinajstić information content (AvgIpc) is 2.77. The number of rotatable bonds is 3. The summed E-state index contributed by atoms with van der Waals surface area (Å²) in [6, 6.07) is 14.0. The highest BCUT2D eigenvalue weighted by Gasteiger charge is 2.32. The number of likely N-dealkylation sites (tertiary alicyclic amines) is 1. The van der Waals surface area contributed by atoms with Crippen LogP contribution in [0, 0.1) is 19.8 Å². The molecule has 1 N–H and O–H groups in total. The van der Waals surface area contributed by atoms with Gasteiger partial charge in [0.25, 0.3) is 0 Å². The molecule has 0 radical (unpaired) electrons. The van der Waals surface area contributed by atoms with Crippen molar-refractivity contribution in [3.8, 4) is 5.75 Å². The molecule has 2 aromatic carbocycles. The van der Waals surface area contributed by atoms with Gasteiger partial charge in [0, 0.05) is 25.6 Å². The first kappa shape index (κ1) is 20.3. The van der Waals surface area contributed by atoms with Crippen LogP contribution in [0.4, 0.5) is 10.5 Å². The molecule has 2 heterocycles. The maximum absolute atomic E-state index is 13.1. The topological polar surface area (TPSA) is 61.9 Å². The van der Waals surface area contributed by atoms with Gasteiger partial charge >= 0.3 is 6.03 Å². The van der Waals surface area contributed by atoms with E-state index >= 15 is 0 Å². The molecule has 0 aliphatic carbocycles. The van der Waals surface area contributed by atoms with Crippen LogP contribution in [0.5, 0.6) is 5.75 Å². The van der Waals surface area contributed by atoms with Gasteiger partial charge in [-0.2, -0.15) is 0 Å². The fraction of sp³-hybridized carbons (Fsp3) is 0.417. The fourth-order valence-corrected chi connectivity index (χ4v) is 4.17.